The number of aromatic nitrogens is 1. The van der Waals surface area contributed by atoms with Gasteiger partial charge in [0.2, 0.25) is 0 Å². The molecule has 0 fully saturated rings. The molecular formula is C15H13FN2S. The van der Waals surface area contributed by atoms with E-state index in [0.29, 0.717) is 5.52 Å². The number of aryl methyl sites for hydroxylation is 1. The zero-order valence-electron chi connectivity index (χ0n) is 10.5. The van der Waals surface area contributed by atoms with Crippen LogP contribution in [0, 0.1) is 5.82 Å². The van der Waals surface area contributed by atoms with Crippen molar-refractivity contribution in [3.8, 4) is 0 Å². The van der Waals surface area contributed by atoms with Gasteiger partial charge in [0.1, 0.15) is 5.82 Å². The van der Waals surface area contributed by atoms with E-state index in [4.69, 9.17) is 0 Å². The second-order valence-electron chi connectivity index (χ2n) is 4.31. The maximum Gasteiger partial charge on any atom is 0.188 e. The van der Waals surface area contributed by atoms with E-state index < -0.39 is 0 Å². The molecule has 0 aliphatic heterocycles. The van der Waals surface area contributed by atoms with Crippen molar-refractivity contribution in [2.45, 2.75) is 13.3 Å². The van der Waals surface area contributed by atoms with E-state index in [-0.39, 0.29) is 5.82 Å². The first kappa shape index (κ1) is 12.1. The maximum atomic E-state index is 13.1. The summed E-state index contributed by atoms with van der Waals surface area (Å²) in [5, 5.41) is 4.06. The Bertz CT molecular complexity index is 721. The number of nitrogens with zero attached hydrogens (tertiary/aromatic N) is 1. The lowest BCUT2D eigenvalue weighted by molar-refractivity contribution is 0.629. The van der Waals surface area contributed by atoms with E-state index in [2.05, 4.69) is 29.4 Å². The first-order chi connectivity index (χ1) is 9.24. The van der Waals surface area contributed by atoms with Gasteiger partial charge in [0, 0.05) is 11.8 Å². The largest absolute Gasteiger partial charge is 0.332 e. The fourth-order valence-electron chi connectivity index (χ4n) is 1.95. The highest BCUT2D eigenvalue weighted by atomic mass is 32.1. The molecule has 4 heteroatoms. The number of hydrogen-bond donors (Lipinski definition) is 1. The van der Waals surface area contributed by atoms with E-state index in [9.17, 15) is 4.39 Å². The van der Waals surface area contributed by atoms with E-state index in [0.717, 1.165) is 21.9 Å². The number of anilines is 2. The van der Waals surface area contributed by atoms with Gasteiger partial charge < -0.3 is 5.32 Å². The Kier molecular flexibility index (Phi) is 3.17. The van der Waals surface area contributed by atoms with Crippen molar-refractivity contribution < 1.29 is 4.39 Å². The molecule has 96 valence electrons. The van der Waals surface area contributed by atoms with Crippen LogP contribution in [0.3, 0.4) is 0 Å². The van der Waals surface area contributed by atoms with Gasteiger partial charge in [-0.05, 0) is 36.2 Å². The van der Waals surface area contributed by atoms with Crippen molar-refractivity contribution in [2.24, 2.45) is 0 Å². The smallest absolute Gasteiger partial charge is 0.188 e. The van der Waals surface area contributed by atoms with Gasteiger partial charge in [-0.1, -0.05) is 30.4 Å². The SMILES string of the molecule is CCc1cccc(Nc2nc3cc(F)ccc3s2)c1. The quantitative estimate of drug-likeness (QED) is 0.744. The molecule has 0 unspecified atom stereocenters. The number of nitrogens with one attached hydrogen (secondary N) is 1. The average molecular weight is 272 g/mol. The topological polar surface area (TPSA) is 24.9 Å². The summed E-state index contributed by atoms with van der Waals surface area (Å²) in [6.07, 6.45) is 1.00. The summed E-state index contributed by atoms with van der Waals surface area (Å²) < 4.78 is 14.1. The molecule has 0 aliphatic carbocycles. The van der Waals surface area contributed by atoms with Gasteiger partial charge >= 0.3 is 0 Å². The lowest BCUT2D eigenvalue weighted by Crippen LogP contribution is -1.90. The molecule has 19 heavy (non-hydrogen) atoms. The van der Waals surface area contributed by atoms with E-state index in [1.54, 1.807) is 6.07 Å². The molecule has 0 bridgehead atoms. The maximum absolute atomic E-state index is 13.1. The number of hydrogen-bond acceptors (Lipinski definition) is 3. The van der Waals surface area contributed by atoms with Crippen LogP contribution in [-0.2, 0) is 6.42 Å². The number of fused-ring (bicyclic) bond motifs is 1. The number of thiazole rings is 1. The molecule has 0 amide bonds. The highest BCUT2D eigenvalue weighted by Gasteiger charge is 2.05. The minimum absolute atomic E-state index is 0.252. The number of halogens is 1. The van der Waals surface area contributed by atoms with Gasteiger partial charge in [-0.15, -0.1) is 0 Å². The molecule has 0 spiro atoms. The third-order valence-corrected chi connectivity index (χ3v) is 3.89. The predicted molar refractivity (Wildman–Crippen MR) is 78.7 cm³/mol. The molecule has 2 aromatic carbocycles. The van der Waals surface area contributed by atoms with Gasteiger partial charge in [-0.3, -0.25) is 0 Å². The first-order valence-electron chi connectivity index (χ1n) is 6.16. The van der Waals surface area contributed by atoms with Crippen molar-refractivity contribution in [3.63, 3.8) is 0 Å². The van der Waals surface area contributed by atoms with Gasteiger partial charge in [0.15, 0.2) is 5.13 Å². The van der Waals surface area contributed by atoms with E-state index >= 15 is 0 Å². The highest BCUT2D eigenvalue weighted by Crippen LogP contribution is 2.28. The molecule has 1 aromatic heterocycles. The van der Waals surface area contributed by atoms with Gasteiger partial charge in [0.25, 0.3) is 0 Å². The van der Waals surface area contributed by atoms with Crippen LogP contribution in [-0.4, -0.2) is 4.98 Å². The van der Waals surface area contributed by atoms with Crippen LogP contribution >= 0.6 is 11.3 Å². The lowest BCUT2D eigenvalue weighted by Gasteiger charge is -2.03. The van der Waals surface area contributed by atoms with Crippen LogP contribution in [0.15, 0.2) is 42.5 Å². The molecule has 2 nitrogen and oxygen atoms in total. The first-order valence-corrected chi connectivity index (χ1v) is 6.98. The van der Waals surface area contributed by atoms with Crippen LogP contribution in [0.25, 0.3) is 10.2 Å². The van der Waals surface area contributed by atoms with Gasteiger partial charge in [0.05, 0.1) is 10.2 Å². The third-order valence-electron chi connectivity index (χ3n) is 2.94. The summed E-state index contributed by atoms with van der Waals surface area (Å²) in [5.74, 6) is -0.252. The molecule has 0 atom stereocenters. The van der Waals surface area contributed by atoms with Crippen LogP contribution in [0.1, 0.15) is 12.5 Å². The third kappa shape index (κ3) is 2.58. The molecule has 3 rings (SSSR count). The van der Waals surface area contributed by atoms with Crippen molar-refractivity contribution >= 4 is 32.4 Å². The van der Waals surface area contributed by atoms with Crippen LogP contribution in [0.4, 0.5) is 15.2 Å². The zero-order chi connectivity index (χ0) is 13.2. The van der Waals surface area contributed by atoms with Crippen LogP contribution in [0.2, 0.25) is 0 Å². The number of rotatable bonds is 3. The Balaban J connectivity index is 1.92. The Morgan fingerprint density at radius 3 is 2.95 bits per heavy atom. The Morgan fingerprint density at radius 1 is 1.21 bits per heavy atom. The molecule has 1 heterocycles. The summed E-state index contributed by atoms with van der Waals surface area (Å²) in [7, 11) is 0. The summed E-state index contributed by atoms with van der Waals surface area (Å²) in [6.45, 7) is 2.12. The summed E-state index contributed by atoms with van der Waals surface area (Å²) in [6, 6.07) is 12.9. The normalized spacial score (nSPS) is 10.8. The summed E-state index contributed by atoms with van der Waals surface area (Å²) in [4.78, 5) is 4.39. The fraction of sp³-hybridized carbons (Fsp3) is 0.133. The minimum Gasteiger partial charge on any atom is -0.332 e. The molecule has 1 N–H and O–H groups in total. The standard InChI is InChI=1S/C15H13FN2S/c1-2-10-4-3-5-12(8-10)17-15-18-13-9-11(16)6-7-14(13)19-15/h3-9H,2H2,1H3,(H,17,18). The predicted octanol–water partition coefficient (Wildman–Crippen LogP) is 4.74. The fourth-order valence-corrected chi connectivity index (χ4v) is 2.81. The number of benzene rings is 2. The Morgan fingerprint density at radius 2 is 2.11 bits per heavy atom. The monoisotopic (exact) mass is 272 g/mol. The molecule has 0 saturated carbocycles. The van der Waals surface area contributed by atoms with Gasteiger partial charge in [-0.25, -0.2) is 9.37 Å². The van der Waals surface area contributed by atoms with Gasteiger partial charge in [-0.2, -0.15) is 0 Å². The molecule has 3 aromatic rings. The minimum atomic E-state index is -0.252. The molecule has 0 saturated heterocycles. The zero-order valence-corrected chi connectivity index (χ0v) is 11.3. The van der Waals surface area contributed by atoms with E-state index in [1.165, 1.54) is 29.0 Å². The Hall–Kier alpha value is -1.94. The Labute approximate surface area is 114 Å². The molecule has 0 radical (unpaired) electrons. The average Bonchev–Trinajstić information content (AvgIpc) is 2.80. The van der Waals surface area contributed by atoms with Crippen molar-refractivity contribution in [3.05, 3.63) is 53.8 Å². The van der Waals surface area contributed by atoms with E-state index in [1.807, 2.05) is 12.1 Å². The lowest BCUT2D eigenvalue weighted by atomic mass is 10.1. The van der Waals surface area contributed by atoms with Crippen molar-refractivity contribution in [1.82, 2.24) is 4.98 Å². The second kappa shape index (κ2) is 4.97. The highest BCUT2D eigenvalue weighted by molar-refractivity contribution is 7.22. The summed E-state index contributed by atoms with van der Waals surface area (Å²) in [5.41, 5.74) is 2.98. The van der Waals surface area contributed by atoms with Crippen molar-refractivity contribution in [2.75, 3.05) is 5.32 Å². The molecule has 0 aliphatic rings. The van der Waals surface area contributed by atoms with Crippen molar-refractivity contribution in [1.29, 1.82) is 0 Å². The summed E-state index contributed by atoms with van der Waals surface area (Å²) >= 11 is 1.53. The molecular weight excluding hydrogens is 259 g/mol. The van der Waals surface area contributed by atoms with Crippen LogP contribution in [0.5, 0.6) is 0 Å². The second-order valence-corrected chi connectivity index (χ2v) is 5.34. The van der Waals surface area contributed by atoms with Crippen LogP contribution < -0.4 is 5.32 Å².